The van der Waals surface area contributed by atoms with E-state index in [9.17, 15) is 4.79 Å². The molecule has 0 unspecified atom stereocenters. The summed E-state index contributed by atoms with van der Waals surface area (Å²) in [5.41, 5.74) is 2.32. The van der Waals surface area contributed by atoms with Crippen LogP contribution in [0.2, 0.25) is 0 Å². The van der Waals surface area contributed by atoms with Crippen LogP contribution in [0.25, 0.3) is 0 Å². The summed E-state index contributed by atoms with van der Waals surface area (Å²) < 4.78 is 4.99. The third-order valence-electron chi connectivity index (χ3n) is 2.38. The zero-order valence-electron chi connectivity index (χ0n) is 8.12. The molecule has 2 rings (SSSR count). The molecule has 0 spiro atoms. The highest BCUT2D eigenvalue weighted by Crippen LogP contribution is 2.23. The van der Waals surface area contributed by atoms with Crippen LogP contribution in [0.3, 0.4) is 0 Å². The van der Waals surface area contributed by atoms with Crippen LogP contribution in [0.5, 0.6) is 0 Å². The zero-order chi connectivity index (χ0) is 9.97. The predicted molar refractivity (Wildman–Crippen MR) is 53.6 cm³/mol. The van der Waals surface area contributed by atoms with Crippen molar-refractivity contribution >= 4 is 5.97 Å². The van der Waals surface area contributed by atoms with Crippen molar-refractivity contribution in [1.82, 2.24) is 0 Å². The lowest BCUT2D eigenvalue weighted by atomic mass is 10.0. The molecule has 14 heavy (non-hydrogen) atoms. The third kappa shape index (κ3) is 1.84. The molecule has 0 bridgehead atoms. The van der Waals surface area contributed by atoms with E-state index in [0.717, 1.165) is 17.8 Å². The Morgan fingerprint density at radius 3 is 2.57 bits per heavy atom. The standard InChI is InChI=1S/C12H12O2/c1-9-11(8-12(13)14-9)7-10-5-3-2-4-6-10/h2-6H,7-8H2,1H3. The van der Waals surface area contributed by atoms with Gasteiger partial charge in [0.25, 0.3) is 0 Å². The highest BCUT2D eigenvalue weighted by atomic mass is 16.5. The number of rotatable bonds is 2. The summed E-state index contributed by atoms with van der Waals surface area (Å²) in [7, 11) is 0. The Balaban J connectivity index is 2.13. The van der Waals surface area contributed by atoms with E-state index in [1.165, 1.54) is 5.56 Å². The van der Waals surface area contributed by atoms with E-state index in [2.05, 4.69) is 12.1 Å². The number of hydrogen-bond acceptors (Lipinski definition) is 2. The molecular weight excluding hydrogens is 176 g/mol. The van der Waals surface area contributed by atoms with Crippen molar-refractivity contribution in [1.29, 1.82) is 0 Å². The van der Waals surface area contributed by atoms with Gasteiger partial charge in [-0.2, -0.15) is 0 Å². The minimum atomic E-state index is -0.131. The number of benzene rings is 1. The molecule has 1 aliphatic heterocycles. The average Bonchev–Trinajstić information content (AvgIpc) is 2.47. The molecule has 1 aromatic rings. The second kappa shape index (κ2) is 3.66. The molecule has 2 heteroatoms. The van der Waals surface area contributed by atoms with Gasteiger partial charge in [0.2, 0.25) is 0 Å². The van der Waals surface area contributed by atoms with Crippen molar-refractivity contribution in [3.63, 3.8) is 0 Å². The maximum atomic E-state index is 11.0. The summed E-state index contributed by atoms with van der Waals surface area (Å²) in [5.74, 6) is 0.646. The van der Waals surface area contributed by atoms with E-state index in [0.29, 0.717) is 6.42 Å². The minimum Gasteiger partial charge on any atom is -0.431 e. The quantitative estimate of drug-likeness (QED) is 0.666. The van der Waals surface area contributed by atoms with Crippen LogP contribution in [0, 0.1) is 0 Å². The van der Waals surface area contributed by atoms with Gasteiger partial charge in [-0.25, -0.2) is 0 Å². The second-order valence-corrected chi connectivity index (χ2v) is 3.47. The first-order valence-corrected chi connectivity index (χ1v) is 4.69. The fraction of sp³-hybridized carbons (Fsp3) is 0.250. The fourth-order valence-corrected chi connectivity index (χ4v) is 1.61. The van der Waals surface area contributed by atoms with Gasteiger partial charge in [-0.05, 0) is 24.5 Å². The molecule has 0 saturated heterocycles. The van der Waals surface area contributed by atoms with E-state index in [1.807, 2.05) is 25.1 Å². The van der Waals surface area contributed by atoms with Gasteiger partial charge in [0.05, 0.1) is 6.42 Å². The molecule has 0 amide bonds. The van der Waals surface area contributed by atoms with Crippen LogP contribution in [-0.4, -0.2) is 5.97 Å². The summed E-state index contributed by atoms with van der Waals surface area (Å²) >= 11 is 0. The van der Waals surface area contributed by atoms with Crippen molar-refractivity contribution in [2.75, 3.05) is 0 Å². The van der Waals surface area contributed by atoms with Crippen LogP contribution in [0.15, 0.2) is 41.7 Å². The number of esters is 1. The van der Waals surface area contributed by atoms with Crippen molar-refractivity contribution in [3.05, 3.63) is 47.2 Å². The molecule has 1 heterocycles. The van der Waals surface area contributed by atoms with Gasteiger partial charge in [0, 0.05) is 0 Å². The Morgan fingerprint density at radius 1 is 1.29 bits per heavy atom. The monoisotopic (exact) mass is 188 g/mol. The van der Waals surface area contributed by atoms with Crippen molar-refractivity contribution < 1.29 is 9.53 Å². The van der Waals surface area contributed by atoms with Crippen LogP contribution in [0.1, 0.15) is 18.9 Å². The normalized spacial score (nSPS) is 15.9. The van der Waals surface area contributed by atoms with Gasteiger partial charge >= 0.3 is 5.97 Å². The highest BCUT2D eigenvalue weighted by molar-refractivity contribution is 5.77. The summed E-state index contributed by atoms with van der Waals surface area (Å²) in [6.45, 7) is 1.85. The molecular formula is C12H12O2. The highest BCUT2D eigenvalue weighted by Gasteiger charge is 2.20. The maximum Gasteiger partial charge on any atom is 0.315 e. The third-order valence-corrected chi connectivity index (χ3v) is 2.38. The zero-order valence-corrected chi connectivity index (χ0v) is 8.12. The van der Waals surface area contributed by atoms with Crippen molar-refractivity contribution in [2.24, 2.45) is 0 Å². The number of carbonyl (C=O) groups is 1. The number of hydrogen-bond donors (Lipinski definition) is 0. The van der Waals surface area contributed by atoms with Gasteiger partial charge in [-0.3, -0.25) is 4.79 Å². The first-order chi connectivity index (χ1) is 6.75. The summed E-state index contributed by atoms with van der Waals surface area (Å²) in [5, 5.41) is 0. The van der Waals surface area contributed by atoms with E-state index in [-0.39, 0.29) is 5.97 Å². The molecule has 0 aliphatic carbocycles. The van der Waals surface area contributed by atoms with Gasteiger partial charge in [-0.15, -0.1) is 0 Å². The smallest absolute Gasteiger partial charge is 0.315 e. The van der Waals surface area contributed by atoms with Gasteiger partial charge in [0.15, 0.2) is 0 Å². The van der Waals surface area contributed by atoms with Gasteiger partial charge in [-0.1, -0.05) is 30.3 Å². The first kappa shape index (κ1) is 9.00. The SMILES string of the molecule is CC1=C(Cc2ccccc2)CC(=O)O1. The number of ether oxygens (including phenoxy) is 1. The topological polar surface area (TPSA) is 26.3 Å². The molecule has 0 N–H and O–H groups in total. The lowest BCUT2D eigenvalue weighted by Gasteiger charge is -2.00. The molecule has 1 aliphatic rings. The molecule has 0 radical (unpaired) electrons. The van der Waals surface area contributed by atoms with Crippen LogP contribution in [0.4, 0.5) is 0 Å². The van der Waals surface area contributed by atoms with Crippen LogP contribution < -0.4 is 0 Å². The summed E-state index contributed by atoms with van der Waals surface area (Å²) in [6, 6.07) is 10.1. The van der Waals surface area contributed by atoms with Gasteiger partial charge < -0.3 is 4.74 Å². The largest absolute Gasteiger partial charge is 0.431 e. The predicted octanol–water partition coefficient (Wildman–Crippen LogP) is 2.45. The Hall–Kier alpha value is -1.57. The summed E-state index contributed by atoms with van der Waals surface area (Å²) in [6.07, 6.45) is 1.26. The van der Waals surface area contributed by atoms with Crippen molar-refractivity contribution in [2.45, 2.75) is 19.8 Å². The van der Waals surface area contributed by atoms with Gasteiger partial charge in [0.1, 0.15) is 5.76 Å². The average molecular weight is 188 g/mol. The molecule has 1 aromatic carbocycles. The molecule has 0 saturated carbocycles. The molecule has 72 valence electrons. The molecule has 2 nitrogen and oxygen atoms in total. The Bertz CT molecular complexity index is 377. The Morgan fingerprint density at radius 2 is 2.00 bits per heavy atom. The lowest BCUT2D eigenvalue weighted by molar-refractivity contribution is -0.136. The van der Waals surface area contributed by atoms with E-state index in [4.69, 9.17) is 4.74 Å². The maximum absolute atomic E-state index is 11.0. The Kier molecular flexibility index (Phi) is 2.35. The fourth-order valence-electron chi connectivity index (χ4n) is 1.61. The Labute approximate surface area is 83.2 Å². The minimum absolute atomic E-state index is 0.131. The van der Waals surface area contributed by atoms with E-state index < -0.39 is 0 Å². The number of cyclic esters (lactones) is 1. The second-order valence-electron chi connectivity index (χ2n) is 3.47. The van der Waals surface area contributed by atoms with E-state index in [1.54, 1.807) is 0 Å². The molecule has 0 fully saturated rings. The van der Waals surface area contributed by atoms with Crippen molar-refractivity contribution in [3.8, 4) is 0 Å². The van der Waals surface area contributed by atoms with E-state index >= 15 is 0 Å². The molecule has 0 atom stereocenters. The number of carbonyl (C=O) groups excluding carboxylic acids is 1. The molecule has 0 aromatic heterocycles. The summed E-state index contributed by atoms with van der Waals surface area (Å²) in [4.78, 5) is 11.0. The number of allylic oxidation sites excluding steroid dienone is 1. The van der Waals surface area contributed by atoms with Crippen LogP contribution >= 0.6 is 0 Å². The first-order valence-electron chi connectivity index (χ1n) is 4.69. The lowest BCUT2D eigenvalue weighted by Crippen LogP contribution is -1.93. The van der Waals surface area contributed by atoms with Crippen LogP contribution in [-0.2, 0) is 16.0 Å².